The van der Waals surface area contributed by atoms with Gasteiger partial charge in [-0.2, -0.15) is 0 Å². The van der Waals surface area contributed by atoms with Gasteiger partial charge in [-0.3, -0.25) is 4.79 Å². The normalized spacial score (nSPS) is 11.3. The molecule has 1 aromatic heterocycles. The van der Waals surface area contributed by atoms with Crippen molar-refractivity contribution in [3.8, 4) is 0 Å². The second kappa shape index (κ2) is 5.90. The first-order valence-electron chi connectivity index (χ1n) is 5.69. The van der Waals surface area contributed by atoms with Crippen molar-refractivity contribution in [1.82, 2.24) is 9.71 Å². The number of hydrogen-bond donors (Lipinski definition) is 1. The maximum atomic E-state index is 12.2. The number of amides is 1. The summed E-state index contributed by atoms with van der Waals surface area (Å²) >= 11 is 6.70. The van der Waals surface area contributed by atoms with Gasteiger partial charge in [0.25, 0.3) is 15.9 Å². The van der Waals surface area contributed by atoms with Gasteiger partial charge in [0.1, 0.15) is 4.88 Å². The third kappa shape index (κ3) is 3.00. The summed E-state index contributed by atoms with van der Waals surface area (Å²) in [5, 5.41) is -0.00789. The van der Waals surface area contributed by atoms with Crippen molar-refractivity contribution in [2.75, 3.05) is 0 Å². The van der Waals surface area contributed by atoms with Crippen molar-refractivity contribution < 1.29 is 13.2 Å². The van der Waals surface area contributed by atoms with Crippen LogP contribution >= 0.6 is 22.9 Å². The van der Waals surface area contributed by atoms with E-state index in [1.165, 1.54) is 11.6 Å². The summed E-state index contributed by atoms with van der Waals surface area (Å²) in [5.41, 5.74) is 2.02. The highest BCUT2D eigenvalue weighted by Gasteiger charge is 2.23. The van der Waals surface area contributed by atoms with Gasteiger partial charge in [-0.05, 0) is 18.1 Å². The number of sulfonamides is 1. The molecule has 0 bridgehead atoms. The van der Waals surface area contributed by atoms with E-state index in [1.54, 1.807) is 18.2 Å². The molecule has 0 unspecified atom stereocenters. The largest absolute Gasteiger partial charge is 0.278 e. The summed E-state index contributed by atoms with van der Waals surface area (Å²) < 4.78 is 26.5. The van der Waals surface area contributed by atoms with E-state index >= 15 is 0 Å². The summed E-state index contributed by atoms with van der Waals surface area (Å²) in [6, 6.07) is 6.53. The quantitative estimate of drug-likeness (QED) is 0.934. The zero-order valence-corrected chi connectivity index (χ0v) is 12.8. The van der Waals surface area contributed by atoms with E-state index in [2.05, 4.69) is 4.98 Å². The number of carbonyl (C=O) groups is 1. The van der Waals surface area contributed by atoms with Crippen LogP contribution in [0.15, 0.2) is 34.7 Å². The molecular formula is C12H11ClN2O3S2. The number of rotatable bonds is 4. The molecule has 1 amide bonds. The highest BCUT2D eigenvalue weighted by molar-refractivity contribution is 7.90. The molecule has 20 heavy (non-hydrogen) atoms. The average molecular weight is 331 g/mol. The summed E-state index contributed by atoms with van der Waals surface area (Å²) in [6.07, 6.45) is 0.548. The van der Waals surface area contributed by atoms with Crippen molar-refractivity contribution in [2.45, 2.75) is 18.2 Å². The number of nitrogens with zero attached hydrogens (tertiary/aromatic N) is 1. The van der Waals surface area contributed by atoms with E-state index in [0.29, 0.717) is 12.0 Å². The van der Waals surface area contributed by atoms with Gasteiger partial charge in [-0.1, -0.05) is 36.7 Å². The Morgan fingerprint density at radius 3 is 2.70 bits per heavy atom. The molecule has 0 atom stereocenters. The molecule has 2 rings (SSSR count). The molecule has 0 fully saturated rings. The highest BCUT2D eigenvalue weighted by atomic mass is 35.5. The first-order chi connectivity index (χ1) is 9.45. The van der Waals surface area contributed by atoms with E-state index in [1.807, 2.05) is 11.6 Å². The number of aromatic nitrogens is 1. The fourth-order valence-electron chi connectivity index (χ4n) is 1.66. The summed E-state index contributed by atoms with van der Waals surface area (Å²) in [4.78, 5) is 15.8. The summed E-state index contributed by atoms with van der Waals surface area (Å²) in [5.74, 6) is -0.775. The van der Waals surface area contributed by atoms with Crippen molar-refractivity contribution in [1.29, 1.82) is 0 Å². The Morgan fingerprint density at radius 2 is 2.10 bits per heavy atom. The van der Waals surface area contributed by atoms with E-state index in [0.717, 1.165) is 11.3 Å². The fourth-order valence-corrected chi connectivity index (χ4v) is 3.89. The van der Waals surface area contributed by atoms with E-state index in [9.17, 15) is 13.2 Å². The molecule has 1 heterocycles. The van der Waals surface area contributed by atoms with Gasteiger partial charge in [-0.25, -0.2) is 18.1 Å². The molecule has 8 heteroatoms. The molecule has 0 saturated heterocycles. The minimum atomic E-state index is -3.92. The number of thiazole rings is 1. The Morgan fingerprint density at radius 1 is 1.40 bits per heavy atom. The van der Waals surface area contributed by atoms with E-state index in [4.69, 9.17) is 11.6 Å². The van der Waals surface area contributed by atoms with Gasteiger partial charge >= 0.3 is 0 Å². The Bertz CT molecular complexity index is 741. The van der Waals surface area contributed by atoms with Crippen LogP contribution in [-0.2, 0) is 16.4 Å². The van der Waals surface area contributed by atoms with Crippen LogP contribution in [0.25, 0.3) is 0 Å². The van der Waals surface area contributed by atoms with Crippen LogP contribution in [0.2, 0.25) is 5.15 Å². The predicted octanol–water partition coefficient (Wildman–Crippen LogP) is 2.48. The van der Waals surface area contributed by atoms with E-state index < -0.39 is 15.9 Å². The van der Waals surface area contributed by atoms with Crippen molar-refractivity contribution in [3.63, 3.8) is 0 Å². The lowest BCUT2D eigenvalue weighted by Crippen LogP contribution is -2.30. The lowest BCUT2D eigenvalue weighted by Gasteiger charge is -2.09. The summed E-state index contributed by atoms with van der Waals surface area (Å²) in [6.45, 7) is 1.84. The van der Waals surface area contributed by atoms with Gasteiger partial charge in [0.15, 0.2) is 5.15 Å². The first-order valence-corrected chi connectivity index (χ1v) is 8.44. The smallest absolute Gasteiger partial charge is 0.267 e. The molecule has 1 aromatic carbocycles. The molecule has 0 radical (unpaired) electrons. The molecule has 106 valence electrons. The van der Waals surface area contributed by atoms with Crippen molar-refractivity contribution in [2.24, 2.45) is 0 Å². The van der Waals surface area contributed by atoms with Crippen LogP contribution in [0.4, 0.5) is 0 Å². The van der Waals surface area contributed by atoms with Crippen molar-refractivity contribution in [3.05, 3.63) is 45.4 Å². The van der Waals surface area contributed by atoms with E-state index in [-0.39, 0.29) is 14.9 Å². The number of nitrogens with one attached hydrogen (secondary N) is 1. The maximum Gasteiger partial charge on any atom is 0.278 e. The number of carbonyl (C=O) groups excluding carboxylic acids is 1. The van der Waals surface area contributed by atoms with Crippen LogP contribution in [0, 0.1) is 0 Å². The van der Waals surface area contributed by atoms with Crippen LogP contribution < -0.4 is 4.72 Å². The minimum Gasteiger partial charge on any atom is -0.267 e. The Balaban J connectivity index is 2.33. The molecule has 0 aliphatic heterocycles. The lowest BCUT2D eigenvalue weighted by atomic mass is 10.2. The van der Waals surface area contributed by atoms with Crippen LogP contribution in [-0.4, -0.2) is 19.3 Å². The van der Waals surface area contributed by atoms with Crippen LogP contribution in [0.1, 0.15) is 22.2 Å². The Hall–Kier alpha value is -1.44. The van der Waals surface area contributed by atoms with Crippen molar-refractivity contribution >= 4 is 38.9 Å². The van der Waals surface area contributed by atoms with Gasteiger partial charge in [-0.15, -0.1) is 11.3 Å². The maximum absolute atomic E-state index is 12.2. The molecule has 5 nitrogen and oxygen atoms in total. The fraction of sp³-hybridized carbons (Fsp3) is 0.167. The minimum absolute atomic E-state index is 0.00789. The number of halogens is 1. The second-order valence-corrected chi connectivity index (χ2v) is 6.73. The number of hydrogen-bond acceptors (Lipinski definition) is 5. The topological polar surface area (TPSA) is 76.1 Å². The number of benzene rings is 1. The van der Waals surface area contributed by atoms with Gasteiger partial charge in [0.2, 0.25) is 0 Å². The number of aryl methyl sites for hydroxylation is 1. The van der Waals surface area contributed by atoms with Crippen LogP contribution in [0.3, 0.4) is 0 Å². The Labute approximate surface area is 125 Å². The lowest BCUT2D eigenvalue weighted by molar-refractivity contribution is 0.0985. The Kier molecular flexibility index (Phi) is 4.42. The highest BCUT2D eigenvalue weighted by Crippen LogP contribution is 2.20. The molecular weight excluding hydrogens is 320 g/mol. The third-order valence-electron chi connectivity index (χ3n) is 2.60. The van der Waals surface area contributed by atoms with Gasteiger partial charge in [0.05, 0.1) is 10.4 Å². The molecule has 0 aliphatic carbocycles. The third-order valence-corrected chi connectivity index (χ3v) is 5.26. The average Bonchev–Trinajstić information content (AvgIpc) is 2.84. The molecule has 1 N–H and O–H groups in total. The summed E-state index contributed by atoms with van der Waals surface area (Å²) in [7, 11) is -3.92. The van der Waals surface area contributed by atoms with Gasteiger partial charge < -0.3 is 0 Å². The van der Waals surface area contributed by atoms with Gasteiger partial charge in [0, 0.05) is 0 Å². The standard InChI is InChI=1S/C12H11ClN2O3S2/c1-2-8-5-3-4-6-9(8)20(17,18)15-12(16)10-11(13)14-7-19-10/h3-7H,2H2,1H3,(H,15,16). The SMILES string of the molecule is CCc1ccccc1S(=O)(=O)NC(=O)c1scnc1Cl. The molecule has 0 saturated carbocycles. The zero-order valence-electron chi connectivity index (χ0n) is 10.5. The second-order valence-electron chi connectivity index (χ2n) is 3.87. The van der Waals surface area contributed by atoms with Crippen LogP contribution in [0.5, 0.6) is 0 Å². The first kappa shape index (κ1) is 15.0. The molecule has 2 aromatic rings. The molecule has 0 aliphatic rings. The zero-order chi connectivity index (χ0) is 14.8. The molecule has 0 spiro atoms. The monoisotopic (exact) mass is 330 g/mol. The predicted molar refractivity (Wildman–Crippen MR) is 77.6 cm³/mol.